The van der Waals surface area contributed by atoms with Gasteiger partial charge in [0.15, 0.2) is 11.7 Å². The molecule has 7 heteroatoms. The minimum absolute atomic E-state index is 0.0185. The van der Waals surface area contributed by atoms with Gasteiger partial charge in [-0.25, -0.2) is 4.98 Å². The number of fused-ring (bicyclic) bond motifs is 1. The fourth-order valence-corrected chi connectivity index (χ4v) is 4.69. The van der Waals surface area contributed by atoms with Crippen LogP contribution in [0.15, 0.2) is 42.5 Å². The van der Waals surface area contributed by atoms with Gasteiger partial charge in [-0.1, -0.05) is 55.0 Å². The monoisotopic (exact) mass is 429 g/mol. The highest BCUT2D eigenvalue weighted by atomic mass is 35.5. The van der Waals surface area contributed by atoms with Gasteiger partial charge in [-0.3, -0.25) is 4.79 Å². The number of carbonyl (C=O) groups excluding carboxylic acids is 1. The Bertz CT molecular complexity index is 995. The number of benzene rings is 2. The second-order valence-corrected chi connectivity index (χ2v) is 8.88. The maximum absolute atomic E-state index is 12.5. The second kappa shape index (κ2) is 8.59. The van der Waals surface area contributed by atoms with Crippen LogP contribution in [-0.2, 0) is 4.79 Å². The summed E-state index contributed by atoms with van der Waals surface area (Å²) < 4.78 is 6.78. The lowest BCUT2D eigenvalue weighted by Crippen LogP contribution is -2.50. The van der Waals surface area contributed by atoms with Gasteiger partial charge < -0.3 is 14.5 Å². The number of hydrogen-bond donors (Lipinski definition) is 0. The average molecular weight is 430 g/mol. The maximum atomic E-state index is 12.5. The Morgan fingerprint density at radius 2 is 1.86 bits per heavy atom. The molecular formula is C22H24ClN3O2S. The Hall–Kier alpha value is -2.31. The first-order chi connectivity index (χ1) is 14.0. The molecule has 0 bridgehead atoms. The van der Waals surface area contributed by atoms with Crippen LogP contribution in [0.4, 0.5) is 5.13 Å². The second-order valence-electron chi connectivity index (χ2n) is 7.46. The van der Waals surface area contributed by atoms with Crippen molar-refractivity contribution >= 4 is 44.2 Å². The van der Waals surface area contributed by atoms with Gasteiger partial charge in [-0.05, 0) is 35.7 Å². The number of nitrogens with zero attached hydrogens (tertiary/aromatic N) is 3. The number of carbonyl (C=O) groups is 1. The van der Waals surface area contributed by atoms with Gasteiger partial charge in [-0.2, -0.15) is 0 Å². The molecule has 0 radical (unpaired) electrons. The summed E-state index contributed by atoms with van der Waals surface area (Å²) in [4.78, 5) is 21.3. The number of hydrogen-bond acceptors (Lipinski definition) is 5. The third-order valence-corrected chi connectivity index (χ3v) is 6.56. The number of thiazole rings is 1. The first-order valence-electron chi connectivity index (χ1n) is 9.82. The molecule has 1 fully saturated rings. The fraction of sp³-hybridized carbons (Fsp3) is 0.364. The molecule has 0 atom stereocenters. The molecule has 0 unspecified atom stereocenters. The van der Waals surface area contributed by atoms with E-state index in [0.29, 0.717) is 24.0 Å². The number of amides is 1. The van der Waals surface area contributed by atoms with Crippen molar-refractivity contribution in [3.8, 4) is 5.75 Å². The van der Waals surface area contributed by atoms with Gasteiger partial charge in [-0.15, -0.1) is 0 Å². The first-order valence-corrected chi connectivity index (χ1v) is 11.0. The summed E-state index contributed by atoms with van der Waals surface area (Å²) in [5, 5.41) is 1.64. The zero-order chi connectivity index (χ0) is 20.4. The third kappa shape index (κ3) is 4.49. The molecule has 3 aromatic rings. The zero-order valence-corrected chi connectivity index (χ0v) is 18.2. The highest BCUT2D eigenvalue weighted by Crippen LogP contribution is 2.33. The van der Waals surface area contributed by atoms with Crippen molar-refractivity contribution in [3.63, 3.8) is 0 Å². The predicted octanol–water partition coefficient (Wildman–Crippen LogP) is 4.80. The topological polar surface area (TPSA) is 45.7 Å². The molecule has 1 aliphatic rings. The Labute approximate surface area is 179 Å². The largest absolute Gasteiger partial charge is 0.484 e. The van der Waals surface area contributed by atoms with Crippen LogP contribution < -0.4 is 9.64 Å². The van der Waals surface area contributed by atoms with E-state index in [0.717, 1.165) is 34.2 Å². The van der Waals surface area contributed by atoms with Gasteiger partial charge in [0.2, 0.25) is 0 Å². The molecular weight excluding hydrogens is 406 g/mol. The number of ether oxygens (including phenoxy) is 1. The van der Waals surface area contributed by atoms with Crippen molar-refractivity contribution in [3.05, 3.63) is 53.1 Å². The summed E-state index contributed by atoms with van der Waals surface area (Å²) in [5.74, 6) is 1.23. The lowest BCUT2D eigenvalue weighted by molar-refractivity contribution is -0.133. The molecule has 1 saturated heterocycles. The van der Waals surface area contributed by atoms with Crippen LogP contribution in [0, 0.1) is 0 Å². The van der Waals surface area contributed by atoms with E-state index in [9.17, 15) is 4.79 Å². The molecule has 29 heavy (non-hydrogen) atoms. The van der Waals surface area contributed by atoms with E-state index < -0.39 is 0 Å². The van der Waals surface area contributed by atoms with E-state index in [-0.39, 0.29) is 12.5 Å². The van der Waals surface area contributed by atoms with E-state index in [4.69, 9.17) is 16.3 Å². The lowest BCUT2D eigenvalue weighted by Gasteiger charge is -2.34. The molecule has 1 amide bonds. The summed E-state index contributed by atoms with van der Waals surface area (Å²) in [6, 6.07) is 13.8. The molecule has 0 N–H and O–H groups in total. The van der Waals surface area contributed by atoms with Gasteiger partial charge >= 0.3 is 0 Å². The minimum atomic E-state index is 0.0185. The molecule has 0 spiro atoms. The Morgan fingerprint density at radius 1 is 1.14 bits per heavy atom. The van der Waals surface area contributed by atoms with Crippen LogP contribution in [0.2, 0.25) is 5.02 Å². The summed E-state index contributed by atoms with van der Waals surface area (Å²) in [5.41, 5.74) is 2.11. The Kier molecular flexibility index (Phi) is 5.92. The number of aromatic nitrogens is 1. The highest BCUT2D eigenvalue weighted by Gasteiger charge is 2.23. The summed E-state index contributed by atoms with van der Waals surface area (Å²) >= 11 is 7.88. The molecule has 2 heterocycles. The number of halogens is 1. The molecule has 1 aliphatic heterocycles. The van der Waals surface area contributed by atoms with Crippen molar-refractivity contribution in [2.45, 2.75) is 19.8 Å². The van der Waals surface area contributed by atoms with Gasteiger partial charge in [0, 0.05) is 26.2 Å². The maximum Gasteiger partial charge on any atom is 0.260 e. The standard InChI is InChI=1S/C22H24ClN3O2S/c1-15(2)16-6-8-17(9-7-16)28-14-20(27)25-10-12-26(13-11-25)22-24-21-18(23)4-3-5-19(21)29-22/h3-9,15H,10-14H2,1-2H3. The molecule has 0 aliphatic carbocycles. The van der Waals surface area contributed by atoms with Crippen molar-refractivity contribution < 1.29 is 9.53 Å². The van der Waals surface area contributed by atoms with Gasteiger partial charge in [0.1, 0.15) is 11.3 Å². The quantitative estimate of drug-likeness (QED) is 0.584. The van der Waals surface area contributed by atoms with Crippen LogP contribution in [-0.4, -0.2) is 48.6 Å². The lowest BCUT2D eigenvalue weighted by atomic mass is 10.0. The van der Waals surface area contributed by atoms with Crippen molar-refractivity contribution in [1.29, 1.82) is 0 Å². The molecule has 152 valence electrons. The van der Waals surface area contributed by atoms with E-state index in [2.05, 4.69) is 23.7 Å². The van der Waals surface area contributed by atoms with Gasteiger partial charge in [0.05, 0.1) is 9.72 Å². The van der Waals surface area contributed by atoms with Crippen LogP contribution in [0.5, 0.6) is 5.75 Å². The van der Waals surface area contributed by atoms with Gasteiger partial charge in [0.25, 0.3) is 5.91 Å². The van der Waals surface area contributed by atoms with Crippen LogP contribution in [0.1, 0.15) is 25.3 Å². The first kappa shape index (κ1) is 20.0. The Balaban J connectivity index is 1.30. The third-order valence-electron chi connectivity index (χ3n) is 5.17. The van der Waals surface area contributed by atoms with E-state index in [1.807, 2.05) is 47.4 Å². The molecule has 4 rings (SSSR count). The van der Waals surface area contributed by atoms with Crippen LogP contribution in [0.25, 0.3) is 10.2 Å². The number of rotatable bonds is 5. The smallest absolute Gasteiger partial charge is 0.260 e. The van der Waals surface area contributed by atoms with Crippen LogP contribution in [0.3, 0.4) is 0 Å². The van der Waals surface area contributed by atoms with Crippen molar-refractivity contribution in [2.24, 2.45) is 0 Å². The van der Waals surface area contributed by atoms with Crippen molar-refractivity contribution in [2.75, 3.05) is 37.7 Å². The normalized spacial score (nSPS) is 14.6. The minimum Gasteiger partial charge on any atom is -0.484 e. The average Bonchev–Trinajstić information content (AvgIpc) is 3.18. The molecule has 1 aromatic heterocycles. The van der Waals surface area contributed by atoms with E-state index >= 15 is 0 Å². The number of anilines is 1. The number of para-hydroxylation sites is 1. The van der Waals surface area contributed by atoms with E-state index in [1.165, 1.54) is 5.56 Å². The molecule has 5 nitrogen and oxygen atoms in total. The highest BCUT2D eigenvalue weighted by molar-refractivity contribution is 7.22. The summed E-state index contributed by atoms with van der Waals surface area (Å²) in [7, 11) is 0. The van der Waals surface area contributed by atoms with E-state index in [1.54, 1.807) is 11.3 Å². The summed E-state index contributed by atoms with van der Waals surface area (Å²) in [6.07, 6.45) is 0. The van der Waals surface area contributed by atoms with Crippen LogP contribution >= 0.6 is 22.9 Å². The Morgan fingerprint density at radius 3 is 2.52 bits per heavy atom. The number of piperazine rings is 1. The zero-order valence-electron chi connectivity index (χ0n) is 16.6. The SMILES string of the molecule is CC(C)c1ccc(OCC(=O)N2CCN(c3nc4c(Cl)cccc4s3)CC2)cc1. The van der Waals surface area contributed by atoms with Crippen molar-refractivity contribution in [1.82, 2.24) is 9.88 Å². The predicted molar refractivity (Wildman–Crippen MR) is 119 cm³/mol. The molecule has 0 saturated carbocycles. The summed E-state index contributed by atoms with van der Waals surface area (Å²) in [6.45, 7) is 7.22. The molecule has 2 aromatic carbocycles. The fourth-order valence-electron chi connectivity index (χ4n) is 3.37.